The largest absolute Gasteiger partial charge is 0.230 e. The summed E-state index contributed by atoms with van der Waals surface area (Å²) in [6, 6.07) is 4.46. The maximum atomic E-state index is 13.0. The molecule has 0 heterocycles. The Bertz CT molecular complexity index is 614. The topological polar surface area (TPSA) is 41.5 Å². The first-order chi connectivity index (χ1) is 11.2. The number of hydrogen-bond acceptors (Lipinski definition) is 2. The van der Waals surface area contributed by atoms with Gasteiger partial charge in [0.2, 0.25) is 0 Å². The lowest BCUT2D eigenvalue weighted by atomic mass is 9.89. The Kier molecular flexibility index (Phi) is 6.24. The molecule has 0 amide bonds. The molecule has 3 nitrogen and oxygen atoms in total. The first kappa shape index (κ1) is 19.2. The second-order valence-corrected chi connectivity index (χ2v) is 9.01. The molecule has 2 rings (SSSR count). The molecule has 0 saturated heterocycles. The van der Waals surface area contributed by atoms with Crippen LogP contribution in [-0.2, 0) is 11.0 Å². The van der Waals surface area contributed by atoms with E-state index in [1.54, 1.807) is 0 Å². The second kappa shape index (κ2) is 7.81. The summed E-state index contributed by atoms with van der Waals surface area (Å²) in [5.74, 6) is 1.71. The summed E-state index contributed by atoms with van der Waals surface area (Å²) in [6.07, 6.45) is 2.42. The molecule has 1 aromatic rings. The van der Waals surface area contributed by atoms with E-state index in [2.05, 4.69) is 63.6 Å². The molecule has 134 valence electrons. The van der Waals surface area contributed by atoms with Crippen LogP contribution in [0.3, 0.4) is 0 Å². The highest BCUT2D eigenvalue weighted by Gasteiger charge is 2.25. The maximum absolute atomic E-state index is 13.0. The summed E-state index contributed by atoms with van der Waals surface area (Å²) in [4.78, 5) is 3.85. The molecule has 0 aliphatic heterocycles. The summed E-state index contributed by atoms with van der Waals surface area (Å²) in [5.41, 5.74) is 4.74. The Balaban J connectivity index is 2.44. The van der Waals surface area contributed by atoms with Gasteiger partial charge in [-0.1, -0.05) is 53.7 Å². The molecular formula is C20H32N2OS. The van der Waals surface area contributed by atoms with E-state index < -0.39 is 11.0 Å². The lowest BCUT2D eigenvalue weighted by Crippen LogP contribution is -2.18. The summed E-state index contributed by atoms with van der Waals surface area (Å²) in [6.45, 7) is 15.1. The molecule has 0 spiro atoms. The molecule has 0 aromatic heterocycles. The fourth-order valence-electron chi connectivity index (χ4n) is 2.86. The number of rotatable bonds is 7. The minimum atomic E-state index is -1.32. The number of benzene rings is 1. The molecule has 1 atom stereocenters. The van der Waals surface area contributed by atoms with Gasteiger partial charge < -0.3 is 0 Å². The van der Waals surface area contributed by atoms with Crippen LogP contribution in [0, 0.1) is 5.92 Å². The van der Waals surface area contributed by atoms with Crippen molar-refractivity contribution >= 4 is 16.7 Å². The lowest BCUT2D eigenvalue weighted by molar-refractivity contribution is 0.667. The Morgan fingerprint density at radius 1 is 1.04 bits per heavy atom. The zero-order chi connectivity index (χ0) is 18.0. The van der Waals surface area contributed by atoms with E-state index in [-0.39, 0.29) is 0 Å². The van der Waals surface area contributed by atoms with Crippen LogP contribution in [-0.4, -0.2) is 9.92 Å². The van der Waals surface area contributed by atoms with E-state index in [4.69, 9.17) is 0 Å². The molecular weight excluding hydrogens is 316 g/mol. The Labute approximate surface area is 149 Å². The minimum absolute atomic E-state index is 0.329. The predicted octanol–water partition coefficient (Wildman–Crippen LogP) is 5.45. The SMILES string of the molecule is C/C(=N\NS(=O)c1c(C(C)C)cc(C(C)C)cc1C(C)C)C1CC1. The van der Waals surface area contributed by atoms with Gasteiger partial charge in [0, 0.05) is 5.71 Å². The standard InChI is InChI=1S/C20H32N2OS/c1-12(2)17-10-18(13(3)4)20(19(11-17)14(5)6)24(23)22-21-15(7)16-8-9-16/h10-14,16,22H,8-9H2,1-7H3/b21-15+. The number of nitrogens with one attached hydrogen (secondary N) is 1. The normalized spacial score (nSPS) is 17.0. The van der Waals surface area contributed by atoms with Crippen LogP contribution in [0.2, 0.25) is 0 Å². The van der Waals surface area contributed by atoms with Gasteiger partial charge >= 0.3 is 0 Å². The molecule has 24 heavy (non-hydrogen) atoms. The van der Waals surface area contributed by atoms with Crippen LogP contribution in [0.1, 0.15) is 95.8 Å². The van der Waals surface area contributed by atoms with E-state index >= 15 is 0 Å². The monoisotopic (exact) mass is 348 g/mol. The minimum Gasteiger partial charge on any atom is -0.230 e. The Hall–Kier alpha value is -1.16. The van der Waals surface area contributed by atoms with Crippen molar-refractivity contribution in [2.75, 3.05) is 0 Å². The molecule has 1 unspecified atom stereocenters. The van der Waals surface area contributed by atoms with Gasteiger partial charge in [0.1, 0.15) is 0 Å². The van der Waals surface area contributed by atoms with Crippen molar-refractivity contribution in [2.45, 2.75) is 84.0 Å². The van der Waals surface area contributed by atoms with Gasteiger partial charge in [-0.25, -0.2) is 9.04 Å². The summed E-state index contributed by atoms with van der Waals surface area (Å²) < 4.78 is 13.0. The van der Waals surface area contributed by atoms with E-state index in [9.17, 15) is 4.21 Å². The van der Waals surface area contributed by atoms with Crippen molar-refractivity contribution in [3.05, 3.63) is 28.8 Å². The highest BCUT2D eigenvalue weighted by atomic mass is 32.2. The van der Waals surface area contributed by atoms with Gasteiger partial charge in [-0.05, 0) is 60.1 Å². The van der Waals surface area contributed by atoms with Crippen LogP contribution >= 0.6 is 0 Å². The lowest BCUT2D eigenvalue weighted by Gasteiger charge is -2.22. The van der Waals surface area contributed by atoms with Gasteiger partial charge in [-0.3, -0.25) is 0 Å². The molecule has 1 aromatic carbocycles. The van der Waals surface area contributed by atoms with Crippen LogP contribution in [0.5, 0.6) is 0 Å². The Morgan fingerprint density at radius 3 is 1.92 bits per heavy atom. The third-order valence-electron chi connectivity index (χ3n) is 4.74. The number of nitrogens with zero attached hydrogens (tertiary/aromatic N) is 1. The number of hydrogen-bond donors (Lipinski definition) is 1. The molecule has 1 saturated carbocycles. The van der Waals surface area contributed by atoms with Crippen LogP contribution in [0.15, 0.2) is 22.1 Å². The fourth-order valence-corrected chi connectivity index (χ4v) is 4.19. The number of hydrazone groups is 1. The quantitative estimate of drug-likeness (QED) is 0.516. The average Bonchev–Trinajstić information content (AvgIpc) is 3.35. The molecule has 0 radical (unpaired) electrons. The molecule has 1 aliphatic carbocycles. The highest BCUT2D eigenvalue weighted by molar-refractivity contribution is 7.83. The molecule has 1 N–H and O–H groups in total. The van der Waals surface area contributed by atoms with Gasteiger partial charge in [-0.15, -0.1) is 0 Å². The zero-order valence-electron chi connectivity index (χ0n) is 16.1. The zero-order valence-corrected chi connectivity index (χ0v) is 17.0. The first-order valence-corrected chi connectivity index (χ1v) is 10.3. The third kappa shape index (κ3) is 4.47. The van der Waals surface area contributed by atoms with Crippen LogP contribution in [0.4, 0.5) is 0 Å². The predicted molar refractivity (Wildman–Crippen MR) is 104 cm³/mol. The van der Waals surface area contributed by atoms with Crippen LogP contribution < -0.4 is 4.83 Å². The van der Waals surface area contributed by atoms with E-state index in [0.717, 1.165) is 10.6 Å². The van der Waals surface area contributed by atoms with Crippen molar-refractivity contribution < 1.29 is 4.21 Å². The summed E-state index contributed by atoms with van der Waals surface area (Å²) >= 11 is 0. The molecule has 1 aliphatic rings. The van der Waals surface area contributed by atoms with Crippen molar-refractivity contribution in [1.29, 1.82) is 0 Å². The Morgan fingerprint density at radius 2 is 1.54 bits per heavy atom. The highest BCUT2D eigenvalue weighted by Crippen LogP contribution is 2.34. The van der Waals surface area contributed by atoms with E-state index in [1.807, 2.05) is 6.92 Å². The van der Waals surface area contributed by atoms with E-state index in [0.29, 0.717) is 23.7 Å². The molecule has 1 fully saturated rings. The van der Waals surface area contributed by atoms with Crippen molar-refractivity contribution in [1.82, 2.24) is 4.83 Å². The van der Waals surface area contributed by atoms with Gasteiger partial charge in [0.25, 0.3) is 0 Å². The second-order valence-electron chi connectivity index (χ2n) is 7.88. The van der Waals surface area contributed by atoms with Gasteiger partial charge in [0.15, 0.2) is 11.0 Å². The smallest absolute Gasteiger partial charge is 0.166 e. The van der Waals surface area contributed by atoms with Crippen molar-refractivity contribution in [3.63, 3.8) is 0 Å². The third-order valence-corrected chi connectivity index (χ3v) is 5.84. The maximum Gasteiger partial charge on any atom is 0.166 e. The fraction of sp³-hybridized carbons (Fsp3) is 0.650. The molecule has 0 bridgehead atoms. The first-order valence-electron chi connectivity index (χ1n) is 9.11. The van der Waals surface area contributed by atoms with Gasteiger partial charge in [-0.2, -0.15) is 5.10 Å². The van der Waals surface area contributed by atoms with Crippen molar-refractivity contribution in [2.24, 2.45) is 11.0 Å². The molecule has 4 heteroatoms. The van der Waals surface area contributed by atoms with Gasteiger partial charge in [0.05, 0.1) is 4.90 Å². The van der Waals surface area contributed by atoms with E-state index in [1.165, 1.54) is 29.5 Å². The summed E-state index contributed by atoms with van der Waals surface area (Å²) in [5, 5.41) is 4.39. The average molecular weight is 349 g/mol. The summed E-state index contributed by atoms with van der Waals surface area (Å²) in [7, 11) is -1.32. The van der Waals surface area contributed by atoms with Crippen molar-refractivity contribution in [3.8, 4) is 0 Å². The van der Waals surface area contributed by atoms with Crippen LogP contribution in [0.25, 0.3) is 0 Å².